The van der Waals surface area contributed by atoms with E-state index in [2.05, 4.69) is 26.7 Å². The molecule has 0 unspecified atom stereocenters. The van der Waals surface area contributed by atoms with Crippen molar-refractivity contribution in [3.05, 3.63) is 0 Å². The predicted octanol–water partition coefficient (Wildman–Crippen LogP) is 2.13. The highest BCUT2D eigenvalue weighted by Crippen LogP contribution is 2.13. The Labute approximate surface area is 325 Å². The molecule has 0 aromatic heterocycles. The van der Waals surface area contributed by atoms with Gasteiger partial charge >= 0.3 is 17.9 Å². The Balaban J connectivity index is 3.68. The third kappa shape index (κ3) is 34.4. The van der Waals surface area contributed by atoms with Crippen molar-refractivity contribution in [2.24, 2.45) is 5.84 Å². The lowest BCUT2D eigenvalue weighted by molar-refractivity contribution is -0.142. The lowest BCUT2D eigenvalue weighted by Crippen LogP contribution is -2.42. The Morgan fingerprint density at radius 1 is 0.436 bits per heavy atom. The van der Waals surface area contributed by atoms with Crippen LogP contribution < -0.4 is 32.5 Å². The third-order valence-corrected chi connectivity index (χ3v) is 8.67. The number of carboxylic acid groups (broad SMARTS) is 3. The molecule has 0 heterocycles. The van der Waals surface area contributed by atoms with Crippen molar-refractivity contribution in [2.75, 3.05) is 46.1 Å². The number of unbranched alkanes of at least 4 members (excludes halogenated alkanes) is 12. The largest absolute Gasteiger partial charge is 0.481 e. The third-order valence-electron chi connectivity index (χ3n) is 8.67. The summed E-state index contributed by atoms with van der Waals surface area (Å²) in [7, 11) is 0. The molecule has 10 N–H and O–H groups in total. The molecule has 4 amide bonds. The molecule has 318 valence electrons. The number of hydrogen-bond donors (Lipinski definition) is 9. The summed E-state index contributed by atoms with van der Waals surface area (Å²) in [5.41, 5.74) is 2.19. The number of rotatable bonds is 39. The van der Waals surface area contributed by atoms with Gasteiger partial charge in [-0.05, 0) is 38.5 Å². The van der Waals surface area contributed by atoms with Crippen molar-refractivity contribution < 1.29 is 58.4 Å². The molecular weight excluding hydrogens is 720 g/mol. The Morgan fingerprint density at radius 3 is 1.36 bits per heavy atom. The summed E-state index contributed by atoms with van der Waals surface area (Å²) in [6.45, 7) is 2.12. The van der Waals surface area contributed by atoms with E-state index in [4.69, 9.17) is 25.5 Å². The van der Waals surface area contributed by atoms with Crippen LogP contribution in [0, 0.1) is 0 Å². The van der Waals surface area contributed by atoms with Gasteiger partial charge in [-0.2, -0.15) is 0 Å². The summed E-state index contributed by atoms with van der Waals surface area (Å²) in [5, 5.41) is 37.4. The first-order valence-electron chi connectivity index (χ1n) is 19.8. The zero-order valence-electron chi connectivity index (χ0n) is 32.5. The van der Waals surface area contributed by atoms with Crippen LogP contribution in [0.25, 0.3) is 0 Å². The highest BCUT2D eigenvalue weighted by Gasteiger charge is 2.21. The van der Waals surface area contributed by atoms with E-state index in [1.165, 1.54) is 38.5 Å². The van der Waals surface area contributed by atoms with Gasteiger partial charge in [0.05, 0.1) is 26.4 Å². The molecule has 0 saturated carbocycles. The standard InChI is InChI=1S/C37H68N6O12/c38-43-30(37(52)53)15-13-14-22-39-32(45)19-18-29(36(50)51)42-34(47)21-20-33(46)41-24-26-55-28-27-54-25-23-40-31(44)16-11-9-7-5-3-1-2-4-6-8-10-12-17-35(48)49/h29-30,43H,1-28,38H2,(H,39,45)(H,40,44)(H,41,46)(H,42,47)(H,48,49)(H,50,51)(H,52,53)/t29-,30-/m0/s1. The van der Waals surface area contributed by atoms with Crippen LogP contribution in [-0.2, 0) is 43.0 Å². The van der Waals surface area contributed by atoms with Crippen molar-refractivity contribution >= 4 is 41.5 Å². The van der Waals surface area contributed by atoms with Gasteiger partial charge < -0.3 is 46.1 Å². The minimum atomic E-state index is -1.30. The quantitative estimate of drug-likeness (QED) is 0.0245. The molecule has 0 aromatic carbocycles. The Bertz CT molecular complexity index is 1100. The molecule has 0 aliphatic rings. The fourth-order valence-corrected chi connectivity index (χ4v) is 5.45. The zero-order chi connectivity index (χ0) is 40.9. The maximum atomic E-state index is 12.2. The molecule has 2 atom stereocenters. The van der Waals surface area contributed by atoms with Crippen LogP contribution in [0.3, 0.4) is 0 Å². The van der Waals surface area contributed by atoms with Crippen molar-refractivity contribution in [1.29, 1.82) is 0 Å². The Morgan fingerprint density at radius 2 is 0.873 bits per heavy atom. The first-order valence-corrected chi connectivity index (χ1v) is 19.8. The first-order chi connectivity index (χ1) is 26.5. The Kier molecular flexibility index (Phi) is 33.3. The summed E-state index contributed by atoms with van der Waals surface area (Å²) in [6, 6.07) is -2.17. The molecule has 0 rings (SSSR count). The SMILES string of the molecule is NN[C@@H](CCCCNC(=O)CC[C@H](NC(=O)CCC(=O)NCCOCCOCCNC(=O)CCCCCCCCCCCCCCC(=O)O)C(=O)O)C(=O)O. The summed E-state index contributed by atoms with van der Waals surface area (Å²) in [4.78, 5) is 81.2. The van der Waals surface area contributed by atoms with Crippen LogP contribution in [0.1, 0.15) is 135 Å². The molecule has 18 heteroatoms. The molecule has 18 nitrogen and oxygen atoms in total. The summed E-state index contributed by atoms with van der Waals surface area (Å²) in [5.74, 6) is 0.645. The van der Waals surface area contributed by atoms with Gasteiger partial charge in [0.25, 0.3) is 0 Å². The minimum Gasteiger partial charge on any atom is -0.481 e. The van der Waals surface area contributed by atoms with Crippen LogP contribution >= 0.6 is 0 Å². The van der Waals surface area contributed by atoms with Gasteiger partial charge in [-0.1, -0.05) is 64.2 Å². The van der Waals surface area contributed by atoms with Crippen LogP contribution in [0.4, 0.5) is 0 Å². The van der Waals surface area contributed by atoms with Gasteiger partial charge in [-0.15, -0.1) is 0 Å². The summed E-state index contributed by atoms with van der Waals surface area (Å²) >= 11 is 0. The molecule has 0 radical (unpaired) electrons. The number of ether oxygens (including phenoxy) is 2. The second kappa shape index (κ2) is 35.8. The average molecular weight is 789 g/mol. The smallest absolute Gasteiger partial charge is 0.326 e. The van der Waals surface area contributed by atoms with E-state index in [0.29, 0.717) is 45.6 Å². The maximum Gasteiger partial charge on any atom is 0.326 e. The van der Waals surface area contributed by atoms with E-state index in [1.54, 1.807) is 0 Å². The van der Waals surface area contributed by atoms with Gasteiger partial charge in [-0.25, -0.2) is 10.2 Å². The molecule has 0 saturated heterocycles. The van der Waals surface area contributed by atoms with Crippen LogP contribution in [0.15, 0.2) is 0 Å². The van der Waals surface area contributed by atoms with Crippen molar-refractivity contribution in [1.82, 2.24) is 26.7 Å². The van der Waals surface area contributed by atoms with E-state index in [9.17, 15) is 38.7 Å². The topological polar surface area (TPSA) is 285 Å². The lowest BCUT2D eigenvalue weighted by atomic mass is 10.0. The van der Waals surface area contributed by atoms with Gasteiger partial charge in [0.1, 0.15) is 12.1 Å². The van der Waals surface area contributed by atoms with Crippen LogP contribution in [0.5, 0.6) is 0 Å². The van der Waals surface area contributed by atoms with Crippen molar-refractivity contribution in [3.63, 3.8) is 0 Å². The van der Waals surface area contributed by atoms with E-state index >= 15 is 0 Å². The van der Waals surface area contributed by atoms with E-state index in [1.807, 2.05) is 0 Å². The molecular formula is C37H68N6O12. The van der Waals surface area contributed by atoms with Gasteiger partial charge in [0.2, 0.25) is 23.6 Å². The van der Waals surface area contributed by atoms with Crippen LogP contribution in [0.2, 0.25) is 0 Å². The fraction of sp³-hybridized carbons (Fsp3) is 0.811. The normalized spacial score (nSPS) is 12.0. The molecule has 0 aliphatic heterocycles. The fourth-order valence-electron chi connectivity index (χ4n) is 5.45. The average Bonchev–Trinajstić information content (AvgIpc) is 3.14. The number of aliphatic carboxylic acids is 3. The van der Waals surface area contributed by atoms with Gasteiger partial charge in [0, 0.05) is 51.7 Å². The number of carbonyl (C=O) groups excluding carboxylic acids is 4. The number of nitrogens with two attached hydrogens (primary N) is 1. The molecule has 0 fully saturated rings. The Hall–Kier alpha value is -3.87. The second-order valence-corrected chi connectivity index (χ2v) is 13.5. The van der Waals surface area contributed by atoms with E-state index in [0.717, 1.165) is 38.5 Å². The molecule has 0 bridgehead atoms. The second-order valence-electron chi connectivity index (χ2n) is 13.5. The monoisotopic (exact) mass is 788 g/mol. The van der Waals surface area contributed by atoms with Crippen LogP contribution in [-0.4, -0.2) is 115 Å². The maximum absolute atomic E-state index is 12.2. The zero-order valence-corrected chi connectivity index (χ0v) is 32.5. The van der Waals surface area contributed by atoms with E-state index < -0.39 is 47.7 Å². The van der Waals surface area contributed by atoms with Crippen molar-refractivity contribution in [3.8, 4) is 0 Å². The molecule has 0 aliphatic carbocycles. The first kappa shape index (κ1) is 51.1. The number of nitrogens with one attached hydrogen (secondary N) is 5. The summed E-state index contributed by atoms with van der Waals surface area (Å²) < 4.78 is 10.9. The minimum absolute atomic E-state index is 0.0129. The van der Waals surface area contributed by atoms with Crippen molar-refractivity contribution in [2.45, 2.75) is 147 Å². The summed E-state index contributed by atoms with van der Waals surface area (Å²) in [6.07, 6.45) is 14.6. The highest BCUT2D eigenvalue weighted by molar-refractivity contribution is 5.87. The van der Waals surface area contributed by atoms with Gasteiger partial charge in [-0.3, -0.25) is 34.6 Å². The molecule has 0 aromatic rings. The number of hydrazine groups is 1. The molecule has 0 spiro atoms. The highest BCUT2D eigenvalue weighted by atomic mass is 16.5. The van der Waals surface area contributed by atoms with Gasteiger partial charge in [0.15, 0.2) is 0 Å². The number of hydrogen-bond acceptors (Lipinski definition) is 11. The number of carboxylic acids is 3. The van der Waals surface area contributed by atoms with E-state index in [-0.39, 0.29) is 64.1 Å². The number of carbonyl (C=O) groups is 7. The molecule has 55 heavy (non-hydrogen) atoms. The predicted molar refractivity (Wildman–Crippen MR) is 204 cm³/mol. The lowest BCUT2D eigenvalue weighted by Gasteiger charge is -2.15. The number of amides is 4.